The maximum absolute atomic E-state index is 5.34. The van der Waals surface area contributed by atoms with Crippen molar-refractivity contribution in [1.29, 1.82) is 0 Å². The van der Waals surface area contributed by atoms with Crippen molar-refractivity contribution in [2.75, 3.05) is 78.5 Å². The largest absolute Gasteiger partial charge is 0.357 e. The highest BCUT2D eigenvalue weighted by molar-refractivity contribution is 8.90. The first-order valence-corrected chi connectivity index (χ1v) is 25.5. The lowest BCUT2D eigenvalue weighted by Crippen LogP contribution is -2.28. The highest BCUT2D eigenvalue weighted by Gasteiger charge is 2.13. The molecule has 0 aliphatic rings. The van der Waals surface area contributed by atoms with Crippen molar-refractivity contribution in [1.82, 2.24) is 29.4 Å². The third-order valence-corrected chi connectivity index (χ3v) is 17.9. The molecular formula is C30H60N6S12. The van der Waals surface area contributed by atoms with E-state index in [9.17, 15) is 0 Å². The lowest BCUT2D eigenvalue weighted by Gasteiger charge is -2.23. The third-order valence-electron chi connectivity index (χ3n) is 6.68. The number of rotatable bonds is 12. The van der Waals surface area contributed by atoms with Gasteiger partial charge in [0.25, 0.3) is 0 Å². The summed E-state index contributed by atoms with van der Waals surface area (Å²) in [7, 11) is 9.55. The molecule has 0 heterocycles. The van der Waals surface area contributed by atoms with Crippen LogP contribution in [0.25, 0.3) is 0 Å². The Bertz CT molecular complexity index is 717. The first kappa shape index (κ1) is 53.8. The van der Waals surface area contributed by atoms with Gasteiger partial charge in [-0.15, -0.1) is 0 Å². The van der Waals surface area contributed by atoms with Gasteiger partial charge in [0.15, 0.2) is 0 Å². The number of thiocarbonyl (C=S) groups is 6. The molecule has 18 heteroatoms. The lowest BCUT2D eigenvalue weighted by molar-refractivity contribution is 0.482. The van der Waals surface area contributed by atoms with Crippen molar-refractivity contribution >= 4 is 164 Å². The Morgan fingerprint density at radius 2 is 0.333 bits per heavy atom. The normalized spacial score (nSPS) is 10.0. The fraction of sp³-hybridized carbons (Fsp3) is 0.800. The van der Waals surface area contributed by atoms with Gasteiger partial charge < -0.3 is 29.4 Å². The zero-order valence-electron chi connectivity index (χ0n) is 31.1. The Labute approximate surface area is 351 Å². The minimum Gasteiger partial charge on any atom is -0.357 e. The van der Waals surface area contributed by atoms with E-state index in [4.69, 9.17) is 73.3 Å². The monoisotopic (exact) mass is 888 g/mol. The van der Waals surface area contributed by atoms with Gasteiger partial charge >= 0.3 is 0 Å². The van der Waals surface area contributed by atoms with Crippen LogP contribution in [-0.2, 0) is 0 Å². The number of hydrogen-bond donors (Lipinski definition) is 0. The summed E-state index contributed by atoms with van der Waals surface area (Å²) < 4.78 is 5.53. The predicted octanol–water partition coefficient (Wildman–Crippen LogP) is 10.9. The van der Waals surface area contributed by atoms with Gasteiger partial charge in [0.05, 0.1) is 0 Å². The van der Waals surface area contributed by atoms with Gasteiger partial charge in [0.2, 0.25) is 0 Å². The number of hydrogen-bond acceptors (Lipinski definition) is 12. The van der Waals surface area contributed by atoms with Gasteiger partial charge in [-0.25, -0.2) is 0 Å². The molecule has 0 saturated carbocycles. The molecule has 0 rings (SSSR count). The zero-order valence-corrected chi connectivity index (χ0v) is 40.9. The van der Waals surface area contributed by atoms with E-state index in [-0.39, 0.29) is 0 Å². The average molecular weight is 890 g/mol. The van der Waals surface area contributed by atoms with Gasteiger partial charge in [0, 0.05) is 78.5 Å². The molecule has 0 aromatic carbocycles. The molecule has 0 aromatic heterocycles. The smallest absolute Gasteiger partial charge is 0.147 e. The molecule has 0 saturated heterocycles. The van der Waals surface area contributed by atoms with Crippen molar-refractivity contribution in [2.24, 2.45) is 0 Å². The van der Waals surface area contributed by atoms with E-state index in [1.54, 1.807) is 64.8 Å². The molecule has 282 valence electrons. The molecule has 0 atom stereocenters. The summed E-state index contributed by atoms with van der Waals surface area (Å²) >= 11 is 32.0. The highest BCUT2D eigenvalue weighted by Crippen LogP contribution is 2.30. The molecule has 0 unspecified atom stereocenters. The summed E-state index contributed by atoms with van der Waals surface area (Å²) in [5.74, 6) is 0. The summed E-state index contributed by atoms with van der Waals surface area (Å²) in [6.07, 6.45) is 0. The second kappa shape index (κ2) is 35.5. The van der Waals surface area contributed by atoms with Gasteiger partial charge in [0.1, 0.15) is 25.9 Å². The molecule has 0 fully saturated rings. The van der Waals surface area contributed by atoms with Gasteiger partial charge in [-0.05, 0) is 148 Å². The topological polar surface area (TPSA) is 19.4 Å². The van der Waals surface area contributed by atoms with Crippen molar-refractivity contribution in [3.05, 3.63) is 0 Å². The fourth-order valence-electron chi connectivity index (χ4n) is 3.42. The van der Waals surface area contributed by atoms with Crippen molar-refractivity contribution in [3.8, 4) is 0 Å². The van der Waals surface area contributed by atoms with Crippen molar-refractivity contribution < 1.29 is 0 Å². The molecule has 0 aliphatic heterocycles. The van der Waals surface area contributed by atoms with Crippen LogP contribution in [0.2, 0.25) is 0 Å². The standard InChI is InChI=1S/3C10H20N2S4/c3*1-5-11(6-2)9(13)15-16-10(14)12(7-3)8-4/h3*5-8H2,1-4H3. The third kappa shape index (κ3) is 24.6. The second-order valence-electron chi connectivity index (χ2n) is 9.13. The first-order chi connectivity index (χ1) is 22.8. The van der Waals surface area contributed by atoms with Crippen molar-refractivity contribution in [3.63, 3.8) is 0 Å². The zero-order chi connectivity index (χ0) is 37.7. The quantitative estimate of drug-likeness (QED) is 0.137. The lowest BCUT2D eigenvalue weighted by atomic mass is 10.6. The van der Waals surface area contributed by atoms with Crippen LogP contribution >= 0.6 is 138 Å². The molecule has 48 heavy (non-hydrogen) atoms. The van der Waals surface area contributed by atoms with Crippen LogP contribution in [0.1, 0.15) is 83.1 Å². The first-order valence-electron chi connectivity index (χ1n) is 16.6. The molecule has 0 N–H and O–H groups in total. The minimum atomic E-state index is 0.921. The summed E-state index contributed by atoms with van der Waals surface area (Å²) in [6.45, 7) is 36.9. The van der Waals surface area contributed by atoms with E-state index in [0.29, 0.717) is 0 Å². The van der Waals surface area contributed by atoms with Crippen LogP contribution in [0, 0.1) is 0 Å². The Morgan fingerprint density at radius 3 is 0.396 bits per heavy atom. The Balaban J connectivity index is -0.000000633. The van der Waals surface area contributed by atoms with Crippen LogP contribution in [0.4, 0.5) is 0 Å². The van der Waals surface area contributed by atoms with E-state index in [1.807, 2.05) is 0 Å². The van der Waals surface area contributed by atoms with Crippen LogP contribution in [0.3, 0.4) is 0 Å². The van der Waals surface area contributed by atoms with Crippen molar-refractivity contribution in [2.45, 2.75) is 83.1 Å². The van der Waals surface area contributed by atoms with E-state index in [1.165, 1.54) is 0 Å². The van der Waals surface area contributed by atoms with Gasteiger partial charge in [-0.2, -0.15) is 0 Å². The maximum Gasteiger partial charge on any atom is 0.147 e. The molecule has 0 amide bonds. The van der Waals surface area contributed by atoms with E-state index in [0.717, 1.165) is 104 Å². The van der Waals surface area contributed by atoms with Crippen LogP contribution in [-0.4, -0.2) is 134 Å². The number of nitrogens with zero attached hydrogens (tertiary/aromatic N) is 6. The minimum absolute atomic E-state index is 0.921. The van der Waals surface area contributed by atoms with Crippen LogP contribution in [0.15, 0.2) is 0 Å². The molecule has 0 bridgehead atoms. The Morgan fingerprint density at radius 1 is 0.250 bits per heavy atom. The fourth-order valence-corrected chi connectivity index (χ4v) is 12.6. The second-order valence-corrected chi connectivity index (χ2v) is 19.3. The highest BCUT2D eigenvalue weighted by atomic mass is 33.1. The van der Waals surface area contributed by atoms with E-state index >= 15 is 0 Å². The molecule has 0 aliphatic carbocycles. The Hall–Kier alpha value is 1.44. The summed E-state index contributed by atoms with van der Waals surface area (Å²) in [6, 6.07) is 0. The predicted molar refractivity (Wildman–Crippen MR) is 259 cm³/mol. The average Bonchev–Trinajstić information content (AvgIpc) is 3.09. The summed E-state index contributed by atoms with van der Waals surface area (Å²) in [5, 5.41) is 0. The molecule has 0 radical (unpaired) electrons. The molecule has 0 spiro atoms. The SMILES string of the molecule is CCN(CC)C(=S)SSC(=S)N(CC)CC.CCN(CC)C(=S)SSC(=S)N(CC)CC.CCN(CC)C(=S)SSC(=S)N(CC)CC. The summed E-state index contributed by atoms with van der Waals surface area (Å²) in [5.41, 5.74) is 0. The van der Waals surface area contributed by atoms with Crippen LogP contribution in [0.5, 0.6) is 0 Å². The van der Waals surface area contributed by atoms with E-state index < -0.39 is 0 Å². The maximum atomic E-state index is 5.34. The van der Waals surface area contributed by atoms with E-state index in [2.05, 4.69) is 112 Å². The van der Waals surface area contributed by atoms with Gasteiger partial charge in [-0.1, -0.05) is 73.3 Å². The van der Waals surface area contributed by atoms with Crippen LogP contribution < -0.4 is 0 Å². The molecular weight excluding hydrogens is 829 g/mol. The molecule has 0 aromatic rings. The van der Waals surface area contributed by atoms with Gasteiger partial charge in [-0.3, -0.25) is 0 Å². The summed E-state index contributed by atoms with van der Waals surface area (Å²) in [4.78, 5) is 13.0. The molecule has 6 nitrogen and oxygen atoms in total. The Kier molecular flexibility index (Phi) is 39.7.